The van der Waals surface area contributed by atoms with Crippen LogP contribution in [0.25, 0.3) is 0 Å². The fourth-order valence-electron chi connectivity index (χ4n) is 1.83. The highest BCUT2D eigenvalue weighted by molar-refractivity contribution is 5.63. The van der Waals surface area contributed by atoms with Gasteiger partial charge in [0.05, 0.1) is 4.92 Å². The van der Waals surface area contributed by atoms with Crippen molar-refractivity contribution >= 4 is 17.1 Å². The summed E-state index contributed by atoms with van der Waals surface area (Å²) < 4.78 is 0. The number of rotatable bonds is 4. The molecule has 0 saturated carbocycles. The van der Waals surface area contributed by atoms with Crippen LogP contribution >= 0.6 is 0 Å². The van der Waals surface area contributed by atoms with Crippen molar-refractivity contribution in [1.82, 2.24) is 0 Å². The van der Waals surface area contributed by atoms with E-state index in [-0.39, 0.29) is 10.6 Å². The highest BCUT2D eigenvalue weighted by atomic mass is 16.6. The Balaban J connectivity index is 2.20. The van der Waals surface area contributed by atoms with Gasteiger partial charge in [-0.1, -0.05) is 24.3 Å². The molecule has 0 bridgehead atoms. The lowest BCUT2D eigenvalue weighted by Gasteiger charge is -2.09. The predicted octanol–water partition coefficient (Wildman–Crippen LogP) is 3.10. The van der Waals surface area contributed by atoms with Crippen LogP contribution in [0.5, 0.6) is 0 Å². The molecule has 3 N–H and O–H groups in total. The van der Waals surface area contributed by atoms with Gasteiger partial charge in [-0.15, -0.1) is 0 Å². The number of aryl methyl sites for hydroxylation is 1. The van der Waals surface area contributed by atoms with E-state index in [0.29, 0.717) is 17.9 Å². The fourth-order valence-corrected chi connectivity index (χ4v) is 1.83. The minimum Gasteiger partial charge on any atom is -0.398 e. The number of nitrogen functional groups attached to an aromatic ring is 1. The molecule has 0 saturated heterocycles. The van der Waals surface area contributed by atoms with Gasteiger partial charge in [0.15, 0.2) is 0 Å². The molecule has 0 atom stereocenters. The van der Waals surface area contributed by atoms with Crippen molar-refractivity contribution in [2.24, 2.45) is 0 Å². The second-order valence-corrected chi connectivity index (χ2v) is 4.33. The van der Waals surface area contributed by atoms with Crippen LogP contribution in [0.4, 0.5) is 17.1 Å². The third-order valence-electron chi connectivity index (χ3n) is 2.87. The van der Waals surface area contributed by atoms with Crippen molar-refractivity contribution in [3.63, 3.8) is 0 Å². The molecule has 0 fully saturated rings. The van der Waals surface area contributed by atoms with Crippen molar-refractivity contribution in [2.45, 2.75) is 13.5 Å². The third-order valence-corrected chi connectivity index (χ3v) is 2.87. The molecule has 0 radical (unpaired) electrons. The zero-order chi connectivity index (χ0) is 13.8. The van der Waals surface area contributed by atoms with Crippen molar-refractivity contribution < 1.29 is 4.92 Å². The minimum absolute atomic E-state index is 0.0782. The van der Waals surface area contributed by atoms with Crippen LogP contribution in [0.2, 0.25) is 0 Å². The first-order valence-electron chi connectivity index (χ1n) is 5.90. The summed E-state index contributed by atoms with van der Waals surface area (Å²) in [7, 11) is 0. The van der Waals surface area contributed by atoms with Gasteiger partial charge in [0.1, 0.15) is 5.69 Å². The molecule has 0 aliphatic rings. The van der Waals surface area contributed by atoms with Crippen LogP contribution in [-0.4, -0.2) is 4.92 Å². The number of nitrogens with two attached hydrogens (primary N) is 1. The monoisotopic (exact) mass is 257 g/mol. The second kappa shape index (κ2) is 5.39. The summed E-state index contributed by atoms with van der Waals surface area (Å²) in [4.78, 5) is 10.6. The summed E-state index contributed by atoms with van der Waals surface area (Å²) >= 11 is 0. The molecule has 98 valence electrons. The van der Waals surface area contributed by atoms with Gasteiger partial charge in [0.2, 0.25) is 0 Å². The Labute approximate surface area is 111 Å². The van der Waals surface area contributed by atoms with Gasteiger partial charge in [-0.2, -0.15) is 0 Å². The maximum atomic E-state index is 11.0. The summed E-state index contributed by atoms with van der Waals surface area (Å²) in [5.74, 6) is 0. The molecular formula is C14H15N3O2. The molecular weight excluding hydrogens is 242 g/mol. The lowest BCUT2D eigenvalue weighted by atomic mass is 10.1. The number of benzene rings is 2. The van der Waals surface area contributed by atoms with E-state index in [0.717, 1.165) is 11.1 Å². The molecule has 0 aromatic heterocycles. The zero-order valence-corrected chi connectivity index (χ0v) is 10.6. The van der Waals surface area contributed by atoms with E-state index in [1.165, 1.54) is 0 Å². The number of nitrogens with one attached hydrogen (secondary N) is 1. The third kappa shape index (κ3) is 3.01. The first-order chi connectivity index (χ1) is 9.08. The Morgan fingerprint density at radius 3 is 2.68 bits per heavy atom. The van der Waals surface area contributed by atoms with E-state index in [4.69, 9.17) is 5.73 Å². The minimum atomic E-state index is -0.385. The standard InChI is InChI=1S/C14H15N3O2/c1-10-6-7-13(14(8-10)17(18)19)16-9-11-4-2-3-5-12(11)15/h2-8,16H,9,15H2,1H3. The van der Waals surface area contributed by atoms with Crippen LogP contribution in [-0.2, 0) is 6.54 Å². The molecule has 0 spiro atoms. The quantitative estimate of drug-likeness (QED) is 0.501. The van der Waals surface area contributed by atoms with Crippen molar-refractivity contribution in [1.29, 1.82) is 0 Å². The molecule has 0 amide bonds. The first-order valence-corrected chi connectivity index (χ1v) is 5.90. The lowest BCUT2D eigenvalue weighted by Crippen LogP contribution is -2.05. The smallest absolute Gasteiger partial charge is 0.292 e. The first kappa shape index (κ1) is 12.9. The number of nitro benzene ring substituents is 1. The Morgan fingerprint density at radius 2 is 2.00 bits per heavy atom. The average Bonchev–Trinajstić information content (AvgIpc) is 2.38. The van der Waals surface area contributed by atoms with Crippen LogP contribution in [0, 0.1) is 17.0 Å². The SMILES string of the molecule is Cc1ccc(NCc2ccccc2N)c([N+](=O)[O-])c1. The highest BCUT2D eigenvalue weighted by Gasteiger charge is 2.13. The normalized spacial score (nSPS) is 10.2. The molecule has 2 aromatic carbocycles. The molecule has 0 heterocycles. The van der Waals surface area contributed by atoms with Crippen LogP contribution in [0.1, 0.15) is 11.1 Å². The Morgan fingerprint density at radius 1 is 1.26 bits per heavy atom. The van der Waals surface area contributed by atoms with E-state index >= 15 is 0 Å². The number of hydrogen-bond acceptors (Lipinski definition) is 4. The molecule has 0 aliphatic carbocycles. The molecule has 0 unspecified atom stereocenters. The molecule has 0 aliphatic heterocycles. The van der Waals surface area contributed by atoms with Gasteiger partial charge in [0, 0.05) is 18.3 Å². The van der Waals surface area contributed by atoms with Gasteiger partial charge in [-0.25, -0.2) is 0 Å². The average molecular weight is 257 g/mol. The highest BCUT2D eigenvalue weighted by Crippen LogP contribution is 2.26. The van der Waals surface area contributed by atoms with Crippen molar-refractivity contribution in [3.8, 4) is 0 Å². The number of para-hydroxylation sites is 1. The van der Waals surface area contributed by atoms with E-state index in [1.54, 1.807) is 18.2 Å². The Kier molecular flexibility index (Phi) is 3.66. The molecule has 19 heavy (non-hydrogen) atoms. The number of anilines is 2. The maximum absolute atomic E-state index is 11.0. The Bertz CT molecular complexity index is 611. The van der Waals surface area contributed by atoms with Crippen LogP contribution in [0.3, 0.4) is 0 Å². The van der Waals surface area contributed by atoms with E-state index in [9.17, 15) is 10.1 Å². The molecule has 5 heteroatoms. The second-order valence-electron chi connectivity index (χ2n) is 4.33. The molecule has 5 nitrogen and oxygen atoms in total. The fraction of sp³-hybridized carbons (Fsp3) is 0.143. The predicted molar refractivity (Wildman–Crippen MR) is 76.0 cm³/mol. The van der Waals surface area contributed by atoms with E-state index < -0.39 is 0 Å². The number of nitrogens with zero attached hydrogens (tertiary/aromatic N) is 1. The van der Waals surface area contributed by atoms with Crippen LogP contribution in [0.15, 0.2) is 42.5 Å². The summed E-state index contributed by atoms with van der Waals surface area (Å²) in [5, 5.41) is 14.1. The number of hydrogen-bond donors (Lipinski definition) is 2. The molecule has 2 rings (SSSR count). The number of nitro groups is 1. The molecule has 2 aromatic rings. The van der Waals surface area contributed by atoms with E-state index in [2.05, 4.69) is 5.32 Å². The van der Waals surface area contributed by atoms with Gasteiger partial charge in [-0.3, -0.25) is 10.1 Å². The maximum Gasteiger partial charge on any atom is 0.292 e. The van der Waals surface area contributed by atoms with Gasteiger partial charge < -0.3 is 11.1 Å². The zero-order valence-electron chi connectivity index (χ0n) is 10.6. The van der Waals surface area contributed by atoms with Gasteiger partial charge >= 0.3 is 0 Å². The summed E-state index contributed by atoms with van der Waals surface area (Å²) in [6.07, 6.45) is 0. The lowest BCUT2D eigenvalue weighted by molar-refractivity contribution is -0.384. The summed E-state index contributed by atoms with van der Waals surface area (Å²) in [6, 6.07) is 12.5. The summed E-state index contributed by atoms with van der Waals surface area (Å²) in [5.41, 5.74) is 8.85. The van der Waals surface area contributed by atoms with Crippen molar-refractivity contribution in [3.05, 3.63) is 63.7 Å². The van der Waals surface area contributed by atoms with E-state index in [1.807, 2.05) is 31.2 Å². The topological polar surface area (TPSA) is 81.2 Å². The summed E-state index contributed by atoms with van der Waals surface area (Å²) in [6.45, 7) is 2.28. The Hall–Kier alpha value is -2.56. The largest absolute Gasteiger partial charge is 0.398 e. The van der Waals surface area contributed by atoms with Crippen LogP contribution < -0.4 is 11.1 Å². The van der Waals surface area contributed by atoms with Crippen molar-refractivity contribution in [2.75, 3.05) is 11.1 Å². The van der Waals surface area contributed by atoms with Gasteiger partial charge in [-0.05, 0) is 30.2 Å². The van der Waals surface area contributed by atoms with Gasteiger partial charge in [0.25, 0.3) is 5.69 Å².